The Morgan fingerprint density at radius 2 is 2.25 bits per heavy atom. The molecule has 2 atom stereocenters. The molecular formula is C14H25N3O2S. The molecule has 2 unspecified atom stereocenters. The summed E-state index contributed by atoms with van der Waals surface area (Å²) in [5.74, 6) is 1.28. The Morgan fingerprint density at radius 3 is 2.75 bits per heavy atom. The largest absolute Gasteiger partial charge is 0.319 e. The van der Waals surface area contributed by atoms with E-state index in [2.05, 4.69) is 24.3 Å². The summed E-state index contributed by atoms with van der Waals surface area (Å²) in [4.78, 5) is 0. The molecule has 1 aliphatic heterocycles. The number of aromatic nitrogens is 2. The van der Waals surface area contributed by atoms with Gasteiger partial charge in [0, 0.05) is 12.2 Å². The molecule has 1 aliphatic rings. The highest BCUT2D eigenvalue weighted by Gasteiger charge is 2.33. The second-order valence-corrected chi connectivity index (χ2v) is 8.29. The Bertz CT molecular complexity index is 536. The zero-order chi connectivity index (χ0) is 14.8. The van der Waals surface area contributed by atoms with E-state index < -0.39 is 9.84 Å². The van der Waals surface area contributed by atoms with Crippen molar-refractivity contribution < 1.29 is 8.42 Å². The van der Waals surface area contributed by atoms with Crippen molar-refractivity contribution in [1.29, 1.82) is 0 Å². The van der Waals surface area contributed by atoms with Crippen LogP contribution in [0.15, 0.2) is 12.3 Å². The van der Waals surface area contributed by atoms with Gasteiger partial charge in [-0.3, -0.25) is 4.68 Å². The summed E-state index contributed by atoms with van der Waals surface area (Å²) < 4.78 is 25.3. The van der Waals surface area contributed by atoms with Crippen LogP contribution in [0.4, 0.5) is 0 Å². The van der Waals surface area contributed by atoms with Crippen molar-refractivity contribution in [3.8, 4) is 0 Å². The van der Waals surface area contributed by atoms with Crippen LogP contribution in [0.3, 0.4) is 0 Å². The highest BCUT2D eigenvalue weighted by atomic mass is 32.2. The molecule has 2 rings (SSSR count). The van der Waals surface area contributed by atoms with E-state index in [-0.39, 0.29) is 5.92 Å². The molecule has 6 heteroatoms. The summed E-state index contributed by atoms with van der Waals surface area (Å²) in [5.41, 5.74) is 1.06. The van der Waals surface area contributed by atoms with E-state index in [0.717, 1.165) is 25.1 Å². The summed E-state index contributed by atoms with van der Waals surface area (Å²) in [6.07, 6.45) is 3.64. The second-order valence-electron chi connectivity index (χ2n) is 6.07. The van der Waals surface area contributed by atoms with Gasteiger partial charge in [-0.15, -0.1) is 0 Å². The zero-order valence-electron chi connectivity index (χ0n) is 12.5. The number of sulfone groups is 1. The molecule has 1 aromatic rings. The lowest BCUT2D eigenvalue weighted by molar-refractivity contribution is 0.347. The molecule has 5 nitrogen and oxygen atoms in total. The molecular weight excluding hydrogens is 274 g/mol. The molecule has 0 amide bonds. The van der Waals surface area contributed by atoms with Gasteiger partial charge in [-0.25, -0.2) is 8.42 Å². The minimum atomic E-state index is -2.81. The molecule has 0 saturated carbocycles. The van der Waals surface area contributed by atoms with Gasteiger partial charge in [0.2, 0.25) is 0 Å². The van der Waals surface area contributed by atoms with E-state index in [0.29, 0.717) is 23.5 Å². The number of nitrogens with one attached hydrogen (secondary N) is 1. The molecule has 0 spiro atoms. The van der Waals surface area contributed by atoms with Gasteiger partial charge in [0.05, 0.1) is 17.2 Å². The van der Waals surface area contributed by atoms with Crippen LogP contribution in [-0.4, -0.2) is 43.3 Å². The fraction of sp³-hybridized carbons (Fsp3) is 0.786. The van der Waals surface area contributed by atoms with Crippen LogP contribution in [0.25, 0.3) is 0 Å². The highest BCUT2D eigenvalue weighted by Crippen LogP contribution is 2.28. The molecule has 0 aromatic carbocycles. The van der Waals surface area contributed by atoms with Crippen molar-refractivity contribution in [3.63, 3.8) is 0 Å². The quantitative estimate of drug-likeness (QED) is 0.859. The van der Waals surface area contributed by atoms with Crippen LogP contribution in [0, 0.1) is 11.8 Å². The molecule has 1 N–H and O–H groups in total. The van der Waals surface area contributed by atoms with E-state index in [1.807, 2.05) is 24.0 Å². The van der Waals surface area contributed by atoms with Gasteiger partial charge in [-0.1, -0.05) is 0 Å². The Kier molecular flexibility index (Phi) is 4.86. The predicted molar refractivity (Wildman–Crippen MR) is 80.5 cm³/mol. The van der Waals surface area contributed by atoms with E-state index in [1.165, 1.54) is 0 Å². The SMILES string of the molecule is CNCC(Cc1ccn(C(C)C)n1)C1CCS(=O)(=O)C1. The van der Waals surface area contributed by atoms with Crippen molar-refractivity contribution in [1.82, 2.24) is 15.1 Å². The third-order valence-corrected chi connectivity index (χ3v) is 5.86. The van der Waals surface area contributed by atoms with Gasteiger partial charge >= 0.3 is 0 Å². The monoisotopic (exact) mass is 299 g/mol. The summed E-state index contributed by atoms with van der Waals surface area (Å²) in [7, 11) is -0.893. The van der Waals surface area contributed by atoms with Crippen LogP contribution >= 0.6 is 0 Å². The molecule has 0 radical (unpaired) electrons. The molecule has 2 heterocycles. The van der Waals surface area contributed by atoms with Crippen LogP contribution in [0.5, 0.6) is 0 Å². The number of hydrogen-bond acceptors (Lipinski definition) is 4. The standard InChI is InChI=1S/C14H25N3O2S/c1-11(2)17-6-4-14(16-17)8-13(9-15-3)12-5-7-20(18,19)10-12/h4,6,11-13,15H,5,7-10H2,1-3H3. The third kappa shape index (κ3) is 3.82. The first kappa shape index (κ1) is 15.5. The van der Waals surface area contributed by atoms with Gasteiger partial charge in [-0.2, -0.15) is 5.10 Å². The van der Waals surface area contributed by atoms with E-state index in [1.54, 1.807) is 0 Å². The Balaban J connectivity index is 2.05. The summed E-state index contributed by atoms with van der Waals surface area (Å²) in [6.45, 7) is 5.05. The van der Waals surface area contributed by atoms with Gasteiger partial charge in [0.25, 0.3) is 0 Å². The highest BCUT2D eigenvalue weighted by molar-refractivity contribution is 7.91. The van der Waals surface area contributed by atoms with Gasteiger partial charge in [0.15, 0.2) is 9.84 Å². The molecule has 0 aliphatic carbocycles. The first-order chi connectivity index (χ1) is 9.41. The average Bonchev–Trinajstić information content (AvgIpc) is 2.95. The smallest absolute Gasteiger partial charge is 0.150 e. The first-order valence-corrected chi connectivity index (χ1v) is 9.12. The topological polar surface area (TPSA) is 64.0 Å². The molecule has 114 valence electrons. The lowest BCUT2D eigenvalue weighted by Gasteiger charge is -2.21. The fourth-order valence-corrected chi connectivity index (χ4v) is 4.83. The molecule has 0 bridgehead atoms. The fourth-order valence-electron chi connectivity index (χ4n) is 2.91. The third-order valence-electron chi connectivity index (χ3n) is 4.06. The van der Waals surface area contributed by atoms with E-state index in [9.17, 15) is 8.42 Å². The van der Waals surface area contributed by atoms with Gasteiger partial charge < -0.3 is 5.32 Å². The van der Waals surface area contributed by atoms with Crippen LogP contribution in [0.2, 0.25) is 0 Å². The van der Waals surface area contributed by atoms with Crippen LogP contribution in [-0.2, 0) is 16.3 Å². The van der Waals surface area contributed by atoms with Gasteiger partial charge in [-0.05, 0) is 58.2 Å². The maximum Gasteiger partial charge on any atom is 0.150 e. The van der Waals surface area contributed by atoms with E-state index >= 15 is 0 Å². The van der Waals surface area contributed by atoms with Crippen molar-refractivity contribution in [2.24, 2.45) is 11.8 Å². The minimum Gasteiger partial charge on any atom is -0.319 e. The molecule has 1 aromatic heterocycles. The van der Waals surface area contributed by atoms with Crippen LogP contribution < -0.4 is 5.32 Å². The van der Waals surface area contributed by atoms with E-state index in [4.69, 9.17) is 0 Å². The minimum absolute atomic E-state index is 0.261. The lowest BCUT2D eigenvalue weighted by Crippen LogP contribution is -2.29. The van der Waals surface area contributed by atoms with Crippen LogP contribution in [0.1, 0.15) is 32.0 Å². The maximum absolute atomic E-state index is 11.7. The number of hydrogen-bond donors (Lipinski definition) is 1. The molecule has 1 saturated heterocycles. The van der Waals surface area contributed by atoms with Crippen molar-refractivity contribution in [2.45, 2.75) is 32.7 Å². The Morgan fingerprint density at radius 1 is 1.50 bits per heavy atom. The van der Waals surface area contributed by atoms with Crippen molar-refractivity contribution in [3.05, 3.63) is 18.0 Å². The summed E-state index contributed by atoms with van der Waals surface area (Å²) in [6, 6.07) is 2.41. The zero-order valence-corrected chi connectivity index (χ0v) is 13.4. The number of rotatable bonds is 6. The summed E-state index contributed by atoms with van der Waals surface area (Å²) in [5, 5.41) is 7.77. The lowest BCUT2D eigenvalue weighted by atomic mass is 9.88. The molecule has 1 fully saturated rings. The molecule has 20 heavy (non-hydrogen) atoms. The predicted octanol–water partition coefficient (Wildman–Crippen LogP) is 1.28. The summed E-state index contributed by atoms with van der Waals surface area (Å²) >= 11 is 0. The number of nitrogens with zero attached hydrogens (tertiary/aromatic N) is 2. The Hall–Kier alpha value is -0.880. The van der Waals surface area contributed by atoms with Gasteiger partial charge in [0.1, 0.15) is 0 Å². The van der Waals surface area contributed by atoms with Crippen molar-refractivity contribution >= 4 is 9.84 Å². The average molecular weight is 299 g/mol. The Labute approximate surface area is 121 Å². The normalized spacial score (nSPS) is 23.3. The second kappa shape index (κ2) is 6.26. The first-order valence-electron chi connectivity index (χ1n) is 7.30. The maximum atomic E-state index is 11.7. The van der Waals surface area contributed by atoms with Crippen molar-refractivity contribution in [2.75, 3.05) is 25.1 Å².